The molecule has 20 heavy (non-hydrogen) atoms. The molecule has 7 heteroatoms. The third-order valence-corrected chi connectivity index (χ3v) is 3.61. The van der Waals surface area contributed by atoms with Crippen LogP contribution in [-0.2, 0) is 6.54 Å². The quantitative estimate of drug-likeness (QED) is 0.607. The van der Waals surface area contributed by atoms with Crippen molar-refractivity contribution in [1.82, 2.24) is 15.2 Å². The summed E-state index contributed by atoms with van der Waals surface area (Å²) < 4.78 is 1.60. The number of nitrogens with zero attached hydrogens (tertiary/aromatic N) is 2. The van der Waals surface area contributed by atoms with E-state index in [9.17, 15) is 14.9 Å². The van der Waals surface area contributed by atoms with E-state index in [2.05, 4.69) is 10.6 Å². The Balaban J connectivity index is 1.92. The van der Waals surface area contributed by atoms with Crippen molar-refractivity contribution in [3.63, 3.8) is 0 Å². The second-order valence-electron chi connectivity index (χ2n) is 4.96. The molecule has 0 spiro atoms. The summed E-state index contributed by atoms with van der Waals surface area (Å²) in [6.45, 7) is 4.01. The van der Waals surface area contributed by atoms with Crippen LogP contribution in [0.2, 0.25) is 0 Å². The molecular formula is C13H20N4O3. The van der Waals surface area contributed by atoms with Crippen LogP contribution in [0.3, 0.4) is 0 Å². The van der Waals surface area contributed by atoms with Gasteiger partial charge in [-0.25, -0.2) is 0 Å². The fourth-order valence-electron chi connectivity index (χ4n) is 2.50. The van der Waals surface area contributed by atoms with Gasteiger partial charge in [0.15, 0.2) is 0 Å². The van der Waals surface area contributed by atoms with Gasteiger partial charge in [0.05, 0.1) is 11.1 Å². The zero-order chi connectivity index (χ0) is 14.5. The molecule has 1 aliphatic heterocycles. The highest BCUT2D eigenvalue weighted by Crippen LogP contribution is 2.16. The molecule has 0 radical (unpaired) electrons. The van der Waals surface area contributed by atoms with Crippen molar-refractivity contribution >= 4 is 11.6 Å². The second-order valence-corrected chi connectivity index (χ2v) is 4.96. The molecule has 1 aromatic heterocycles. The molecule has 1 aromatic rings. The zero-order valence-corrected chi connectivity index (χ0v) is 11.6. The van der Waals surface area contributed by atoms with Gasteiger partial charge in [0.25, 0.3) is 11.6 Å². The molecule has 1 aliphatic rings. The van der Waals surface area contributed by atoms with Crippen LogP contribution in [0.1, 0.15) is 36.7 Å². The van der Waals surface area contributed by atoms with E-state index < -0.39 is 4.92 Å². The first-order valence-electron chi connectivity index (χ1n) is 6.98. The summed E-state index contributed by atoms with van der Waals surface area (Å²) in [6.07, 6.45) is 4.62. The van der Waals surface area contributed by atoms with Gasteiger partial charge in [0.1, 0.15) is 5.69 Å². The number of carbonyl (C=O) groups excluding carboxylic acids is 1. The average molecular weight is 280 g/mol. The van der Waals surface area contributed by atoms with Crippen LogP contribution < -0.4 is 10.6 Å². The summed E-state index contributed by atoms with van der Waals surface area (Å²) >= 11 is 0. The van der Waals surface area contributed by atoms with Crippen LogP contribution in [0, 0.1) is 10.1 Å². The summed E-state index contributed by atoms with van der Waals surface area (Å²) in [6, 6.07) is 1.80. The van der Waals surface area contributed by atoms with E-state index in [1.54, 1.807) is 4.57 Å². The van der Waals surface area contributed by atoms with Crippen molar-refractivity contribution in [2.24, 2.45) is 0 Å². The Morgan fingerprint density at radius 1 is 1.65 bits per heavy atom. The molecule has 0 unspecified atom stereocenters. The smallest absolute Gasteiger partial charge is 0.287 e. The molecule has 1 saturated heterocycles. The molecule has 0 aliphatic carbocycles. The first kappa shape index (κ1) is 14.5. The SMILES string of the molecule is CCn1cc([N+](=O)[O-])cc1C(=O)NCC[C@H]1CCCN1. The molecule has 7 nitrogen and oxygen atoms in total. The van der Waals surface area contributed by atoms with Crippen molar-refractivity contribution in [1.29, 1.82) is 0 Å². The van der Waals surface area contributed by atoms with Crippen molar-refractivity contribution < 1.29 is 9.72 Å². The lowest BCUT2D eigenvalue weighted by Crippen LogP contribution is -2.31. The molecule has 0 bridgehead atoms. The predicted octanol–water partition coefficient (Wildman–Crippen LogP) is 1.29. The lowest BCUT2D eigenvalue weighted by molar-refractivity contribution is -0.384. The van der Waals surface area contributed by atoms with Crippen LogP contribution in [0.4, 0.5) is 5.69 Å². The number of hydrogen-bond donors (Lipinski definition) is 2. The van der Waals surface area contributed by atoms with Gasteiger partial charge >= 0.3 is 0 Å². The van der Waals surface area contributed by atoms with E-state index in [1.165, 1.54) is 18.7 Å². The number of nitrogens with one attached hydrogen (secondary N) is 2. The average Bonchev–Trinajstić information content (AvgIpc) is 3.07. The normalized spacial score (nSPS) is 18.1. The Hall–Kier alpha value is -1.89. The monoisotopic (exact) mass is 280 g/mol. The molecule has 110 valence electrons. The number of hydrogen-bond acceptors (Lipinski definition) is 4. The molecular weight excluding hydrogens is 260 g/mol. The maximum absolute atomic E-state index is 12.1. The highest BCUT2D eigenvalue weighted by atomic mass is 16.6. The predicted molar refractivity (Wildman–Crippen MR) is 74.7 cm³/mol. The van der Waals surface area contributed by atoms with E-state index in [0.29, 0.717) is 24.8 Å². The van der Waals surface area contributed by atoms with Gasteiger partial charge in [-0.1, -0.05) is 0 Å². The maximum atomic E-state index is 12.1. The number of aryl methyl sites for hydroxylation is 1. The van der Waals surface area contributed by atoms with Crippen LogP contribution in [-0.4, -0.2) is 34.5 Å². The highest BCUT2D eigenvalue weighted by Gasteiger charge is 2.19. The first-order valence-corrected chi connectivity index (χ1v) is 6.98. The minimum absolute atomic E-state index is 0.0468. The van der Waals surface area contributed by atoms with Gasteiger partial charge < -0.3 is 15.2 Å². The summed E-state index contributed by atoms with van der Waals surface area (Å²) in [4.78, 5) is 22.3. The number of amides is 1. The van der Waals surface area contributed by atoms with Crippen molar-refractivity contribution in [3.05, 3.63) is 28.1 Å². The van der Waals surface area contributed by atoms with Gasteiger partial charge in [-0.15, -0.1) is 0 Å². The van der Waals surface area contributed by atoms with Crippen LogP contribution in [0.5, 0.6) is 0 Å². The van der Waals surface area contributed by atoms with E-state index in [-0.39, 0.29) is 11.6 Å². The lowest BCUT2D eigenvalue weighted by Gasteiger charge is -2.11. The third-order valence-electron chi connectivity index (χ3n) is 3.61. The second kappa shape index (κ2) is 6.51. The molecule has 2 N–H and O–H groups in total. The van der Waals surface area contributed by atoms with Crippen molar-refractivity contribution in [2.75, 3.05) is 13.1 Å². The van der Waals surface area contributed by atoms with Gasteiger partial charge in [-0.05, 0) is 32.7 Å². The Kier molecular flexibility index (Phi) is 4.73. The van der Waals surface area contributed by atoms with E-state index in [1.807, 2.05) is 6.92 Å². The number of carbonyl (C=O) groups is 1. The van der Waals surface area contributed by atoms with E-state index in [4.69, 9.17) is 0 Å². The number of nitro groups is 1. The minimum Gasteiger partial charge on any atom is -0.351 e. The van der Waals surface area contributed by atoms with Gasteiger partial charge in [-0.2, -0.15) is 0 Å². The Morgan fingerprint density at radius 2 is 2.45 bits per heavy atom. The summed E-state index contributed by atoms with van der Waals surface area (Å²) in [5.41, 5.74) is 0.299. The van der Waals surface area contributed by atoms with Gasteiger partial charge in [0.2, 0.25) is 0 Å². The maximum Gasteiger partial charge on any atom is 0.287 e. The molecule has 1 atom stereocenters. The standard InChI is InChI=1S/C13H20N4O3/c1-2-16-9-11(17(19)20)8-12(16)13(18)15-7-5-10-4-3-6-14-10/h8-10,14H,2-7H2,1H3,(H,15,18)/t10-/m1/s1. The number of aromatic nitrogens is 1. The Labute approximate surface area is 117 Å². The highest BCUT2D eigenvalue weighted by molar-refractivity contribution is 5.93. The largest absolute Gasteiger partial charge is 0.351 e. The minimum atomic E-state index is -0.481. The van der Waals surface area contributed by atoms with E-state index in [0.717, 1.165) is 19.4 Å². The molecule has 0 aromatic carbocycles. The van der Waals surface area contributed by atoms with Crippen LogP contribution >= 0.6 is 0 Å². The fourth-order valence-corrected chi connectivity index (χ4v) is 2.50. The third kappa shape index (κ3) is 3.36. The topological polar surface area (TPSA) is 89.2 Å². The lowest BCUT2D eigenvalue weighted by atomic mass is 10.1. The molecule has 0 saturated carbocycles. The van der Waals surface area contributed by atoms with Crippen LogP contribution in [0.15, 0.2) is 12.3 Å². The van der Waals surface area contributed by atoms with Crippen LogP contribution in [0.25, 0.3) is 0 Å². The van der Waals surface area contributed by atoms with Gasteiger partial charge in [0, 0.05) is 25.2 Å². The summed E-state index contributed by atoms with van der Waals surface area (Å²) in [5, 5.41) is 16.9. The summed E-state index contributed by atoms with van der Waals surface area (Å²) in [5.74, 6) is -0.252. The Morgan fingerprint density at radius 3 is 3.05 bits per heavy atom. The van der Waals surface area contributed by atoms with Crippen molar-refractivity contribution in [3.8, 4) is 0 Å². The zero-order valence-electron chi connectivity index (χ0n) is 11.6. The molecule has 2 rings (SSSR count). The Bertz CT molecular complexity index is 492. The molecule has 1 fully saturated rings. The molecule has 2 heterocycles. The summed E-state index contributed by atoms with van der Waals surface area (Å²) in [7, 11) is 0. The number of rotatable bonds is 6. The van der Waals surface area contributed by atoms with Crippen molar-refractivity contribution in [2.45, 2.75) is 38.8 Å². The fraction of sp³-hybridized carbons (Fsp3) is 0.615. The first-order chi connectivity index (χ1) is 9.61. The van der Waals surface area contributed by atoms with E-state index >= 15 is 0 Å². The molecule has 1 amide bonds. The van der Waals surface area contributed by atoms with Gasteiger partial charge in [-0.3, -0.25) is 14.9 Å².